The molecule has 17 heavy (non-hydrogen) atoms. The van der Waals surface area contributed by atoms with E-state index in [9.17, 15) is 0 Å². The van der Waals surface area contributed by atoms with Crippen molar-refractivity contribution in [3.63, 3.8) is 0 Å². The Kier molecular flexibility index (Phi) is 3.23. The molecular weight excluding hydrogens is 212 g/mol. The second-order valence-corrected chi connectivity index (χ2v) is 4.17. The summed E-state index contributed by atoms with van der Waals surface area (Å²) >= 11 is 0. The first-order valence-corrected chi connectivity index (χ1v) is 5.60. The van der Waals surface area contributed by atoms with Gasteiger partial charge in [-0.25, -0.2) is 4.98 Å². The van der Waals surface area contributed by atoms with Gasteiger partial charge in [-0.2, -0.15) is 0 Å². The number of hydrogen-bond donors (Lipinski definition) is 2. The zero-order chi connectivity index (χ0) is 12.3. The van der Waals surface area contributed by atoms with Crippen molar-refractivity contribution in [3.05, 3.63) is 36.7 Å². The van der Waals surface area contributed by atoms with Gasteiger partial charge in [0.25, 0.3) is 0 Å². The van der Waals surface area contributed by atoms with Gasteiger partial charge in [0.15, 0.2) is 0 Å². The van der Waals surface area contributed by atoms with E-state index in [4.69, 9.17) is 5.73 Å². The topological polar surface area (TPSA) is 63.8 Å². The number of nitrogen functional groups attached to an aromatic ring is 1. The maximum Gasteiger partial charge on any atom is 0.150 e. The summed E-state index contributed by atoms with van der Waals surface area (Å²) in [6.07, 6.45) is 3.51. The van der Waals surface area contributed by atoms with E-state index < -0.39 is 0 Å². The summed E-state index contributed by atoms with van der Waals surface area (Å²) in [5.41, 5.74) is 8.47. The maximum atomic E-state index is 5.88. The van der Waals surface area contributed by atoms with Crippen molar-refractivity contribution in [2.24, 2.45) is 0 Å². The molecule has 2 heterocycles. The molecular formula is C13H16N4. The molecule has 0 aliphatic carbocycles. The van der Waals surface area contributed by atoms with Gasteiger partial charge in [-0.05, 0) is 38.1 Å². The van der Waals surface area contributed by atoms with Crippen molar-refractivity contribution in [2.45, 2.75) is 19.9 Å². The Morgan fingerprint density at radius 3 is 2.47 bits per heavy atom. The van der Waals surface area contributed by atoms with Crippen LogP contribution in [0.15, 0.2) is 36.7 Å². The highest BCUT2D eigenvalue weighted by molar-refractivity contribution is 5.68. The van der Waals surface area contributed by atoms with Crippen LogP contribution < -0.4 is 11.1 Å². The minimum Gasteiger partial charge on any atom is -0.396 e. The first kappa shape index (κ1) is 11.4. The van der Waals surface area contributed by atoms with Gasteiger partial charge in [-0.3, -0.25) is 4.98 Å². The molecule has 2 aromatic rings. The van der Waals surface area contributed by atoms with Crippen molar-refractivity contribution >= 4 is 11.5 Å². The highest BCUT2D eigenvalue weighted by Gasteiger charge is 2.05. The zero-order valence-corrected chi connectivity index (χ0v) is 10.0. The minimum atomic E-state index is 0.303. The van der Waals surface area contributed by atoms with Crippen LogP contribution in [-0.2, 0) is 0 Å². The van der Waals surface area contributed by atoms with Gasteiger partial charge >= 0.3 is 0 Å². The van der Waals surface area contributed by atoms with Gasteiger partial charge in [-0.15, -0.1) is 0 Å². The summed E-state index contributed by atoms with van der Waals surface area (Å²) in [7, 11) is 0. The fourth-order valence-corrected chi connectivity index (χ4v) is 1.54. The quantitative estimate of drug-likeness (QED) is 0.847. The molecule has 0 amide bonds. The van der Waals surface area contributed by atoms with Crippen LogP contribution in [0.25, 0.3) is 11.3 Å². The Bertz CT molecular complexity index is 494. The van der Waals surface area contributed by atoms with E-state index >= 15 is 0 Å². The van der Waals surface area contributed by atoms with Crippen molar-refractivity contribution in [2.75, 3.05) is 11.1 Å². The summed E-state index contributed by atoms with van der Waals surface area (Å²) in [6.45, 7) is 4.11. The molecule has 0 aliphatic heterocycles. The Balaban J connectivity index is 2.37. The van der Waals surface area contributed by atoms with Gasteiger partial charge in [0.2, 0.25) is 0 Å². The summed E-state index contributed by atoms with van der Waals surface area (Å²) in [6, 6.07) is 7.94. The molecule has 0 aliphatic rings. The largest absolute Gasteiger partial charge is 0.396 e. The van der Waals surface area contributed by atoms with Crippen LogP contribution in [0, 0.1) is 0 Å². The fourth-order valence-electron chi connectivity index (χ4n) is 1.54. The number of aromatic nitrogens is 2. The number of pyridine rings is 2. The molecule has 0 fully saturated rings. The van der Waals surface area contributed by atoms with E-state index in [1.807, 2.05) is 24.3 Å². The summed E-state index contributed by atoms with van der Waals surface area (Å²) in [4.78, 5) is 8.51. The number of rotatable bonds is 3. The highest BCUT2D eigenvalue weighted by atomic mass is 15.0. The van der Waals surface area contributed by atoms with E-state index in [2.05, 4.69) is 29.1 Å². The smallest absolute Gasteiger partial charge is 0.150 e. The molecule has 0 saturated heterocycles. The molecule has 0 bridgehead atoms. The van der Waals surface area contributed by atoms with Crippen LogP contribution in [0.2, 0.25) is 0 Å². The monoisotopic (exact) mass is 228 g/mol. The van der Waals surface area contributed by atoms with Gasteiger partial charge in [0.1, 0.15) is 5.82 Å². The Morgan fingerprint density at radius 2 is 1.82 bits per heavy atom. The lowest BCUT2D eigenvalue weighted by molar-refractivity contribution is 0.890. The number of nitrogens with two attached hydrogens (primary N) is 1. The standard InChI is InChI=1S/C13H16N4/c1-9(2)16-13-11(14)3-4-12(17-13)10-5-7-15-8-6-10/h3-9H,14H2,1-2H3,(H,16,17). The van der Waals surface area contributed by atoms with E-state index in [0.717, 1.165) is 17.1 Å². The summed E-state index contributed by atoms with van der Waals surface area (Å²) in [5, 5.41) is 3.23. The maximum absolute atomic E-state index is 5.88. The number of nitrogens with one attached hydrogen (secondary N) is 1. The van der Waals surface area contributed by atoms with E-state index in [-0.39, 0.29) is 0 Å². The van der Waals surface area contributed by atoms with Crippen molar-refractivity contribution in [1.29, 1.82) is 0 Å². The van der Waals surface area contributed by atoms with Gasteiger partial charge < -0.3 is 11.1 Å². The van der Waals surface area contributed by atoms with E-state index in [0.29, 0.717) is 11.7 Å². The summed E-state index contributed by atoms with van der Waals surface area (Å²) < 4.78 is 0. The molecule has 0 radical (unpaired) electrons. The van der Waals surface area contributed by atoms with Crippen LogP contribution in [0.3, 0.4) is 0 Å². The third kappa shape index (κ3) is 2.72. The second kappa shape index (κ2) is 4.82. The Labute approximate surface area is 101 Å². The van der Waals surface area contributed by atoms with Crippen LogP contribution in [0.1, 0.15) is 13.8 Å². The average molecular weight is 228 g/mol. The average Bonchev–Trinajstić information content (AvgIpc) is 2.32. The first-order chi connectivity index (χ1) is 8.16. The number of nitrogens with zero attached hydrogens (tertiary/aromatic N) is 2. The molecule has 88 valence electrons. The lowest BCUT2D eigenvalue weighted by Crippen LogP contribution is -2.13. The van der Waals surface area contributed by atoms with Crippen LogP contribution in [0.4, 0.5) is 11.5 Å². The van der Waals surface area contributed by atoms with Crippen molar-refractivity contribution in [3.8, 4) is 11.3 Å². The molecule has 2 rings (SSSR count). The Hall–Kier alpha value is -2.10. The normalized spacial score (nSPS) is 10.5. The molecule has 0 saturated carbocycles. The number of anilines is 2. The van der Waals surface area contributed by atoms with Gasteiger partial charge in [0, 0.05) is 24.0 Å². The molecule has 3 N–H and O–H groups in total. The third-order valence-electron chi connectivity index (χ3n) is 2.33. The van der Waals surface area contributed by atoms with Crippen LogP contribution in [0.5, 0.6) is 0 Å². The molecule has 4 heteroatoms. The van der Waals surface area contributed by atoms with Gasteiger partial charge in [-0.1, -0.05) is 0 Å². The molecule has 2 aromatic heterocycles. The molecule has 0 unspecified atom stereocenters. The predicted molar refractivity (Wildman–Crippen MR) is 70.6 cm³/mol. The molecule has 0 aromatic carbocycles. The van der Waals surface area contributed by atoms with Crippen LogP contribution in [-0.4, -0.2) is 16.0 Å². The lowest BCUT2D eigenvalue weighted by Gasteiger charge is -2.12. The fraction of sp³-hybridized carbons (Fsp3) is 0.231. The van der Waals surface area contributed by atoms with Gasteiger partial charge in [0.05, 0.1) is 11.4 Å². The highest BCUT2D eigenvalue weighted by Crippen LogP contribution is 2.23. The third-order valence-corrected chi connectivity index (χ3v) is 2.33. The Morgan fingerprint density at radius 1 is 1.12 bits per heavy atom. The first-order valence-electron chi connectivity index (χ1n) is 5.60. The SMILES string of the molecule is CC(C)Nc1nc(-c2ccncc2)ccc1N. The molecule has 0 spiro atoms. The van der Waals surface area contributed by atoms with Crippen LogP contribution >= 0.6 is 0 Å². The van der Waals surface area contributed by atoms with E-state index in [1.165, 1.54) is 0 Å². The molecule has 0 atom stereocenters. The summed E-state index contributed by atoms with van der Waals surface area (Å²) in [5.74, 6) is 0.731. The van der Waals surface area contributed by atoms with Crippen molar-refractivity contribution < 1.29 is 0 Å². The number of hydrogen-bond acceptors (Lipinski definition) is 4. The van der Waals surface area contributed by atoms with E-state index in [1.54, 1.807) is 12.4 Å². The minimum absolute atomic E-state index is 0.303. The second-order valence-electron chi connectivity index (χ2n) is 4.17. The zero-order valence-electron chi connectivity index (χ0n) is 10.0. The lowest BCUT2D eigenvalue weighted by atomic mass is 10.2. The molecule has 4 nitrogen and oxygen atoms in total. The van der Waals surface area contributed by atoms with Crippen molar-refractivity contribution in [1.82, 2.24) is 9.97 Å². The predicted octanol–water partition coefficient (Wildman–Crippen LogP) is 2.55.